The maximum Gasteiger partial charge on any atom is 0.197 e. The summed E-state index contributed by atoms with van der Waals surface area (Å²) in [5, 5.41) is 81.5. The van der Waals surface area contributed by atoms with Gasteiger partial charge in [0.05, 0.1) is 108 Å². The van der Waals surface area contributed by atoms with Gasteiger partial charge in [-0.3, -0.25) is 45.0 Å². The lowest BCUT2D eigenvalue weighted by Gasteiger charge is -2.32. The molecule has 31 nitrogen and oxygen atoms in total. The molecule has 39 heteroatoms. The van der Waals surface area contributed by atoms with Gasteiger partial charge in [0.15, 0.2) is 28.9 Å². The van der Waals surface area contributed by atoms with Crippen molar-refractivity contribution in [2.24, 2.45) is 0 Å². The predicted molar refractivity (Wildman–Crippen MR) is 557 cm³/mol. The van der Waals surface area contributed by atoms with Gasteiger partial charge in [0.2, 0.25) is 0 Å². The Kier molecular flexibility index (Phi) is 25.9. The first-order chi connectivity index (χ1) is 72.0. The van der Waals surface area contributed by atoms with E-state index in [-0.39, 0.29) is 35.3 Å². The highest BCUT2D eigenvalue weighted by Crippen LogP contribution is 2.41. The summed E-state index contributed by atoms with van der Waals surface area (Å²) in [6.45, 7) is 15.1. The Morgan fingerprint density at radius 1 is 0.401 bits per heavy atom. The fourth-order valence-corrected chi connectivity index (χ4v) is 23.2. The highest BCUT2D eigenvalue weighted by molar-refractivity contribution is 7.18. The number of halogens is 5. The normalized spacial score (nSPS) is 16.7. The number of pyridine rings is 3. The topological polar surface area (TPSA) is 335 Å². The molecule has 738 valence electrons. The highest BCUT2D eigenvalue weighted by atomic mass is 32.1. The second kappa shape index (κ2) is 40.7. The summed E-state index contributed by atoms with van der Waals surface area (Å²) in [7, 11) is 0. The third-order valence-electron chi connectivity index (χ3n) is 28.5. The monoisotopic (exact) mass is 2020 g/mol. The van der Waals surface area contributed by atoms with E-state index in [1.165, 1.54) is 40.3 Å². The third-order valence-corrected chi connectivity index (χ3v) is 31.1. The number of aryl methyl sites for hydroxylation is 2. The SMILES string of the molecule is Cc1cc(-c2n[nH]c3ccc(-n4cc([C@@H]5CCCN(Cc6c(C)c(F)c(F)c(F)c6F)C5)nn4)cc23)ccn1.Cc1nc2ccc(-c3n[nH]c4ccc(-n5cc([C@@H]6CCCN(Cc7cccs7)C6)nn5)cc34)cc2s1.Fc1ccccc1CN1CCC[C@@H](c2cn(-c3ccc4[nH]nc(-c5ccnc6[nH]ccc56)c4c3)nn2)C1.c1csc(CN2CCC[C@@H](c3cn(-c4ccc5[nH]nc(-c6ccc7ncnn7c6)c5c4)nn3)C2)c1. The Morgan fingerprint density at radius 2 is 0.871 bits per heavy atom. The smallest absolute Gasteiger partial charge is 0.197 e. The van der Waals surface area contributed by atoms with Crippen LogP contribution in [0.3, 0.4) is 0 Å². The summed E-state index contributed by atoms with van der Waals surface area (Å²) >= 11 is 5.37. The number of likely N-dealkylation sites (tertiary alicyclic amines) is 4. The Bertz CT molecular complexity index is 8650. The van der Waals surface area contributed by atoms with Gasteiger partial charge >= 0.3 is 0 Å². The predicted octanol–water partition coefficient (Wildman–Crippen LogP) is 21.4. The van der Waals surface area contributed by atoms with Crippen molar-refractivity contribution >= 4 is 105 Å². The number of thiophene rings is 2. The zero-order valence-corrected chi connectivity index (χ0v) is 82.7. The molecule has 4 aliphatic rings. The maximum atomic E-state index is 14.5. The van der Waals surface area contributed by atoms with Crippen LogP contribution in [-0.2, 0) is 26.2 Å². The molecule has 0 spiro atoms. The Balaban J connectivity index is 0.000000105. The molecule has 0 bridgehead atoms. The van der Waals surface area contributed by atoms with E-state index >= 15 is 0 Å². The van der Waals surface area contributed by atoms with E-state index in [9.17, 15) is 22.0 Å². The van der Waals surface area contributed by atoms with Crippen LogP contribution < -0.4 is 0 Å². The molecule has 0 radical (unpaired) electrons. The number of nitrogens with one attached hydrogen (secondary N) is 5. The van der Waals surface area contributed by atoms with E-state index in [1.54, 1.807) is 45.3 Å². The number of nitrogens with zero attached hydrogens (tertiary/aromatic N) is 26. The summed E-state index contributed by atoms with van der Waals surface area (Å²) in [6.07, 6.45) is 25.4. The molecule has 23 aromatic rings. The Labute approximate surface area is 849 Å². The van der Waals surface area contributed by atoms with Crippen molar-refractivity contribution in [2.75, 3.05) is 52.4 Å². The van der Waals surface area contributed by atoms with Gasteiger partial charge in [-0.25, -0.2) is 60.1 Å². The summed E-state index contributed by atoms with van der Waals surface area (Å²) < 4.78 is 80.5. The first-order valence-electron chi connectivity index (χ1n) is 49.2. The molecular weight excluding hydrogens is 1920 g/mol. The Hall–Kier alpha value is -15.8. The van der Waals surface area contributed by atoms with Gasteiger partial charge in [-0.05, 0) is 254 Å². The molecule has 0 amide bonds. The van der Waals surface area contributed by atoms with E-state index in [1.807, 2.05) is 171 Å². The molecule has 16 aromatic heterocycles. The molecule has 0 unspecified atom stereocenters. The van der Waals surface area contributed by atoms with Crippen molar-refractivity contribution in [3.05, 3.63) is 332 Å². The van der Waals surface area contributed by atoms with Gasteiger partial charge in [0.25, 0.3) is 0 Å². The van der Waals surface area contributed by atoms with Gasteiger partial charge in [0, 0.05) is 177 Å². The molecule has 0 aliphatic carbocycles. The minimum Gasteiger partial charge on any atom is -0.346 e. The lowest BCUT2D eigenvalue weighted by Crippen LogP contribution is -2.34. The molecule has 4 saturated heterocycles. The number of aromatic amines is 5. The number of hydrogen-bond donors (Lipinski definition) is 5. The number of fused-ring (bicyclic) bond motifs is 7. The molecule has 7 aromatic carbocycles. The Morgan fingerprint density at radius 3 is 1.38 bits per heavy atom. The van der Waals surface area contributed by atoms with E-state index in [2.05, 4.69) is 223 Å². The van der Waals surface area contributed by atoms with E-state index in [0.717, 1.165) is 264 Å². The van der Waals surface area contributed by atoms with Crippen molar-refractivity contribution in [2.45, 2.75) is 122 Å². The van der Waals surface area contributed by atoms with Crippen LogP contribution >= 0.6 is 34.0 Å². The molecule has 27 rings (SSSR count). The van der Waals surface area contributed by atoms with E-state index in [0.29, 0.717) is 31.5 Å². The van der Waals surface area contributed by atoms with Crippen LogP contribution in [0.25, 0.3) is 138 Å². The van der Waals surface area contributed by atoms with Crippen molar-refractivity contribution in [3.8, 4) is 67.8 Å². The summed E-state index contributed by atoms with van der Waals surface area (Å²) in [4.78, 5) is 32.8. The second-order valence-corrected chi connectivity index (χ2v) is 41.4. The molecule has 4 fully saturated rings. The molecule has 147 heavy (non-hydrogen) atoms. The number of rotatable bonds is 20. The summed E-state index contributed by atoms with van der Waals surface area (Å²) in [5.74, 6) is -5.31. The number of hydrogen-bond acceptors (Lipinski definition) is 24. The van der Waals surface area contributed by atoms with Gasteiger partial charge in [-0.1, -0.05) is 57.3 Å². The van der Waals surface area contributed by atoms with Crippen LogP contribution in [0.4, 0.5) is 22.0 Å². The minimum absolute atomic E-state index is 0.000907. The van der Waals surface area contributed by atoms with Crippen LogP contribution in [0.15, 0.2) is 243 Å². The first kappa shape index (κ1) is 93.6. The third kappa shape index (κ3) is 19.5. The molecule has 4 aliphatic heterocycles. The van der Waals surface area contributed by atoms with Crippen LogP contribution in [0.2, 0.25) is 0 Å². The van der Waals surface area contributed by atoms with Gasteiger partial charge in [0.1, 0.15) is 40.6 Å². The number of aromatic nitrogens is 27. The van der Waals surface area contributed by atoms with E-state index < -0.39 is 23.3 Å². The molecule has 5 N–H and O–H groups in total. The maximum absolute atomic E-state index is 14.5. The zero-order chi connectivity index (χ0) is 99.3. The fourth-order valence-electron chi connectivity index (χ4n) is 20.9. The first-order valence-corrected chi connectivity index (χ1v) is 51.7. The molecule has 0 saturated carbocycles. The lowest BCUT2D eigenvalue weighted by molar-refractivity contribution is 0.194. The average molecular weight is 2020 g/mol. The highest BCUT2D eigenvalue weighted by Gasteiger charge is 2.33. The van der Waals surface area contributed by atoms with Gasteiger partial charge in [-0.2, -0.15) is 25.5 Å². The summed E-state index contributed by atoms with van der Waals surface area (Å²) in [5.41, 5.74) is 22.9. The summed E-state index contributed by atoms with van der Waals surface area (Å²) in [6, 6.07) is 58.4. The fraction of sp³-hybridized carbons (Fsp3) is 0.250. The minimum atomic E-state index is -1.78. The van der Waals surface area contributed by atoms with Crippen molar-refractivity contribution in [3.63, 3.8) is 0 Å². The van der Waals surface area contributed by atoms with Crippen LogP contribution in [0.1, 0.15) is 135 Å². The van der Waals surface area contributed by atoms with Crippen molar-refractivity contribution in [1.29, 1.82) is 0 Å². The van der Waals surface area contributed by atoms with Crippen molar-refractivity contribution in [1.82, 2.24) is 155 Å². The number of benzene rings is 7. The standard InChI is InChI=1S/C28H25F4N7.C28H25FN8.C27H25N7S2.C25H23N9S/c1-15-10-17(7-8-33-15)28-20-11-19(5-6-22(20)34-36-28)39-14-23(35-37-39)18-4-3-9-38(12-18)13-21-16(2)24(29)26(31)27(32)25(21)30;29-24-6-2-1-4-18(24)15-36-13-3-5-19(16-36)26-17-37(35-33-26)20-7-8-25-23(14-20)27(34-32-25)21-9-11-30-28-22(21)10-12-31-28;1-17-28-24-8-6-18(12-26(24)36-17)27-22-13-20(7-9-23(22)29-31-27)34-16-25(30-32-34)19-4-2-10-33(14-19)15-21-5-3-11-35-21;1-3-17(12-32(9-1)14-20-4-2-10-35-20)23-15-33(31-29-23)19-6-7-22-21(11-19)25(30-28-22)18-5-8-24-26-16-27-34(24)13-18/h5-8,10-11,14,18H,3-4,9,12-13H2,1-2H3,(H,34,36);1-2,4,6-12,14,17,19H,3,5,13,15-16H2,(H,30,31)(H,32,34);3,5-9,11-13,16,19H,2,4,10,14-15H2,1H3,(H,29,31);2,4-8,10-11,13,15-17H,1,3,9,12,14H2,(H,28,30)/t18-;2*19-;17-/m1111/s1. The quantitative estimate of drug-likeness (QED) is 0.0269. The molecular formula is C108H98F5N31S3. The second-order valence-electron chi connectivity index (χ2n) is 38.1. The van der Waals surface area contributed by atoms with Crippen LogP contribution in [0.5, 0.6) is 0 Å². The largest absolute Gasteiger partial charge is 0.346 e. The lowest BCUT2D eigenvalue weighted by atomic mass is 9.94. The molecule has 20 heterocycles. The number of H-pyrrole nitrogens is 5. The van der Waals surface area contributed by atoms with Crippen molar-refractivity contribution < 1.29 is 22.0 Å². The van der Waals surface area contributed by atoms with E-state index in [4.69, 9.17) is 0 Å². The van der Waals surface area contributed by atoms with Crippen LogP contribution in [-0.4, -0.2) is 207 Å². The van der Waals surface area contributed by atoms with Crippen LogP contribution in [0, 0.1) is 49.9 Å². The number of thiazole rings is 1. The number of piperidine rings is 4. The zero-order valence-electron chi connectivity index (χ0n) is 80.3. The van der Waals surface area contributed by atoms with Gasteiger partial charge in [-0.15, -0.1) is 54.4 Å². The van der Waals surface area contributed by atoms with Gasteiger partial charge < -0.3 is 4.98 Å². The molecule has 4 atom stereocenters. The average Bonchev–Trinajstić information content (AvgIpc) is 1.67.